The third kappa shape index (κ3) is 4.68. The monoisotopic (exact) mass is 352 g/mol. The van der Waals surface area contributed by atoms with Gasteiger partial charge in [-0.2, -0.15) is 0 Å². The molecule has 0 saturated carbocycles. The molecule has 0 fully saturated rings. The molecule has 25 heavy (non-hydrogen) atoms. The predicted octanol–water partition coefficient (Wildman–Crippen LogP) is 3.82. The molecular formula is C20H20N2O2S. The van der Waals surface area contributed by atoms with Gasteiger partial charge in [0.2, 0.25) is 10.0 Å². The smallest absolute Gasteiger partial charge is 0.240 e. The molecule has 2 N–H and O–H groups in total. The number of rotatable bonds is 7. The summed E-state index contributed by atoms with van der Waals surface area (Å²) in [5, 5.41) is 3.39. The van der Waals surface area contributed by atoms with Gasteiger partial charge in [0.1, 0.15) is 0 Å². The lowest BCUT2D eigenvalue weighted by atomic mass is 10.1. The van der Waals surface area contributed by atoms with Crippen LogP contribution in [0.4, 0.5) is 5.69 Å². The Morgan fingerprint density at radius 2 is 1.24 bits per heavy atom. The Morgan fingerprint density at radius 3 is 1.84 bits per heavy atom. The van der Waals surface area contributed by atoms with E-state index in [-0.39, 0.29) is 17.5 Å². The van der Waals surface area contributed by atoms with Gasteiger partial charge in [-0.3, -0.25) is 0 Å². The van der Waals surface area contributed by atoms with Crippen LogP contribution in [0.15, 0.2) is 95.9 Å². The first kappa shape index (κ1) is 17.2. The van der Waals surface area contributed by atoms with Gasteiger partial charge in [-0.25, -0.2) is 13.1 Å². The first-order chi connectivity index (χ1) is 12.1. The SMILES string of the molecule is O=S(=O)(NCC(Nc1ccccc1)c1ccccc1)c1ccccc1. The van der Waals surface area contributed by atoms with E-state index in [4.69, 9.17) is 0 Å². The van der Waals surface area contributed by atoms with Crippen molar-refractivity contribution in [1.29, 1.82) is 0 Å². The van der Waals surface area contributed by atoms with Crippen LogP contribution in [0.25, 0.3) is 0 Å². The molecule has 3 aromatic carbocycles. The maximum atomic E-state index is 12.5. The van der Waals surface area contributed by atoms with Crippen molar-refractivity contribution in [2.24, 2.45) is 0 Å². The van der Waals surface area contributed by atoms with Gasteiger partial charge in [0.15, 0.2) is 0 Å². The highest BCUT2D eigenvalue weighted by Crippen LogP contribution is 2.19. The first-order valence-electron chi connectivity index (χ1n) is 8.06. The van der Waals surface area contributed by atoms with Crippen molar-refractivity contribution in [2.75, 3.05) is 11.9 Å². The van der Waals surface area contributed by atoms with Crippen molar-refractivity contribution in [3.8, 4) is 0 Å². The molecule has 1 unspecified atom stereocenters. The van der Waals surface area contributed by atoms with E-state index in [2.05, 4.69) is 10.0 Å². The summed E-state index contributed by atoms with van der Waals surface area (Å²) < 4.78 is 27.7. The Labute approximate surface area is 148 Å². The summed E-state index contributed by atoms with van der Waals surface area (Å²) in [5.41, 5.74) is 1.96. The number of para-hydroxylation sites is 1. The Morgan fingerprint density at radius 1 is 0.720 bits per heavy atom. The van der Waals surface area contributed by atoms with E-state index < -0.39 is 10.0 Å². The maximum absolute atomic E-state index is 12.5. The molecule has 1 atom stereocenters. The van der Waals surface area contributed by atoms with Crippen molar-refractivity contribution >= 4 is 15.7 Å². The van der Waals surface area contributed by atoms with Crippen LogP contribution in [0.5, 0.6) is 0 Å². The van der Waals surface area contributed by atoms with Crippen LogP contribution in [-0.2, 0) is 10.0 Å². The molecule has 0 spiro atoms. The van der Waals surface area contributed by atoms with Crippen LogP contribution in [0.1, 0.15) is 11.6 Å². The number of anilines is 1. The summed E-state index contributed by atoms with van der Waals surface area (Å²) in [6, 6.07) is 27.8. The molecule has 0 aromatic heterocycles. The highest BCUT2D eigenvalue weighted by Gasteiger charge is 2.17. The van der Waals surface area contributed by atoms with E-state index in [1.54, 1.807) is 30.3 Å². The normalized spacial score (nSPS) is 12.5. The summed E-state index contributed by atoms with van der Waals surface area (Å²) in [7, 11) is -3.55. The summed E-state index contributed by atoms with van der Waals surface area (Å²) >= 11 is 0. The standard InChI is InChI=1S/C20H20N2O2S/c23-25(24,19-14-8-3-9-15-19)21-16-20(17-10-4-1-5-11-17)22-18-12-6-2-7-13-18/h1-15,20-22H,16H2. The summed E-state index contributed by atoms with van der Waals surface area (Å²) in [6.07, 6.45) is 0. The van der Waals surface area contributed by atoms with Crippen LogP contribution in [-0.4, -0.2) is 15.0 Å². The molecule has 0 aliphatic rings. The molecule has 128 valence electrons. The van der Waals surface area contributed by atoms with Gasteiger partial charge in [0, 0.05) is 12.2 Å². The fourth-order valence-corrected chi connectivity index (χ4v) is 3.62. The quantitative estimate of drug-likeness (QED) is 0.680. The second kappa shape index (κ2) is 7.96. The first-order valence-corrected chi connectivity index (χ1v) is 9.55. The zero-order valence-electron chi connectivity index (χ0n) is 13.7. The molecule has 3 aromatic rings. The molecule has 0 amide bonds. The molecule has 3 rings (SSSR count). The molecule has 5 heteroatoms. The highest BCUT2D eigenvalue weighted by molar-refractivity contribution is 7.89. The number of nitrogens with one attached hydrogen (secondary N) is 2. The minimum absolute atomic E-state index is 0.179. The molecule has 0 bridgehead atoms. The largest absolute Gasteiger partial charge is 0.377 e. The average molecular weight is 352 g/mol. The molecule has 0 aliphatic heterocycles. The topological polar surface area (TPSA) is 58.2 Å². The molecule has 0 heterocycles. The second-order valence-corrected chi connectivity index (χ2v) is 7.41. The molecule has 0 saturated heterocycles. The highest BCUT2D eigenvalue weighted by atomic mass is 32.2. The summed E-state index contributed by atoms with van der Waals surface area (Å²) in [5.74, 6) is 0. The lowest BCUT2D eigenvalue weighted by molar-refractivity contribution is 0.576. The average Bonchev–Trinajstić information content (AvgIpc) is 2.67. The summed E-state index contributed by atoms with van der Waals surface area (Å²) in [6.45, 7) is 0.246. The van der Waals surface area contributed by atoms with E-state index in [0.29, 0.717) is 0 Å². The third-order valence-corrected chi connectivity index (χ3v) is 5.29. The van der Waals surface area contributed by atoms with Gasteiger partial charge >= 0.3 is 0 Å². The molecule has 0 radical (unpaired) electrons. The fraction of sp³-hybridized carbons (Fsp3) is 0.100. The van der Waals surface area contributed by atoms with E-state index in [0.717, 1.165) is 11.3 Å². The van der Waals surface area contributed by atoms with Crippen LogP contribution in [0.2, 0.25) is 0 Å². The van der Waals surface area contributed by atoms with Gasteiger partial charge < -0.3 is 5.32 Å². The van der Waals surface area contributed by atoms with Gasteiger partial charge in [0.25, 0.3) is 0 Å². The lowest BCUT2D eigenvalue weighted by Gasteiger charge is -2.21. The van der Waals surface area contributed by atoms with E-state index in [9.17, 15) is 8.42 Å². The van der Waals surface area contributed by atoms with Gasteiger partial charge in [-0.05, 0) is 29.8 Å². The van der Waals surface area contributed by atoms with Crippen molar-refractivity contribution in [3.63, 3.8) is 0 Å². The number of hydrogen-bond donors (Lipinski definition) is 2. The van der Waals surface area contributed by atoms with Crippen molar-refractivity contribution in [1.82, 2.24) is 4.72 Å². The Kier molecular flexibility index (Phi) is 5.48. The van der Waals surface area contributed by atoms with Crippen molar-refractivity contribution < 1.29 is 8.42 Å². The van der Waals surface area contributed by atoms with Gasteiger partial charge in [0.05, 0.1) is 10.9 Å². The van der Waals surface area contributed by atoms with Gasteiger partial charge in [-0.1, -0.05) is 66.7 Å². The van der Waals surface area contributed by atoms with Crippen molar-refractivity contribution in [3.05, 3.63) is 96.6 Å². The molecule has 4 nitrogen and oxygen atoms in total. The molecular weight excluding hydrogens is 332 g/mol. The minimum atomic E-state index is -3.55. The second-order valence-electron chi connectivity index (χ2n) is 5.64. The number of hydrogen-bond acceptors (Lipinski definition) is 3. The minimum Gasteiger partial charge on any atom is -0.377 e. The van der Waals surface area contributed by atoms with E-state index >= 15 is 0 Å². The van der Waals surface area contributed by atoms with E-state index in [1.165, 1.54) is 0 Å². The zero-order chi connectivity index (χ0) is 17.5. The van der Waals surface area contributed by atoms with Crippen LogP contribution < -0.4 is 10.0 Å². The molecule has 0 aliphatic carbocycles. The predicted molar refractivity (Wildman–Crippen MR) is 101 cm³/mol. The number of sulfonamides is 1. The zero-order valence-corrected chi connectivity index (χ0v) is 14.5. The third-order valence-electron chi connectivity index (χ3n) is 3.85. The van der Waals surface area contributed by atoms with Crippen LogP contribution >= 0.6 is 0 Å². The van der Waals surface area contributed by atoms with Gasteiger partial charge in [-0.15, -0.1) is 0 Å². The van der Waals surface area contributed by atoms with Crippen molar-refractivity contribution in [2.45, 2.75) is 10.9 Å². The van der Waals surface area contributed by atoms with Crippen LogP contribution in [0.3, 0.4) is 0 Å². The van der Waals surface area contributed by atoms with E-state index in [1.807, 2.05) is 60.7 Å². The Balaban J connectivity index is 1.78. The maximum Gasteiger partial charge on any atom is 0.240 e. The fourth-order valence-electron chi connectivity index (χ4n) is 2.55. The summed E-state index contributed by atoms with van der Waals surface area (Å²) in [4.78, 5) is 0.265. The Bertz CT molecular complexity index is 883. The number of benzene rings is 3. The van der Waals surface area contributed by atoms with Crippen LogP contribution in [0, 0.1) is 0 Å². The Hall–Kier alpha value is -2.63. The lowest BCUT2D eigenvalue weighted by Crippen LogP contribution is -2.31.